The zero-order chi connectivity index (χ0) is 17.0. The standard InChI is InChI=1S/C24H42/c1-3-5-6-11-21-16-18-22(19-17-21)12-7-8-13-24-15-9-14-23(20-24)10-4-2/h3-5,10,21-24H,6-9,11-20H2,1-2H3. The lowest BCUT2D eigenvalue weighted by Crippen LogP contribution is -2.15. The number of allylic oxidation sites excluding steroid dienone is 4. The summed E-state index contributed by atoms with van der Waals surface area (Å²) in [6.45, 7) is 4.32. The van der Waals surface area contributed by atoms with Crippen LogP contribution in [0.25, 0.3) is 0 Å². The lowest BCUT2D eigenvalue weighted by atomic mass is 9.77. The summed E-state index contributed by atoms with van der Waals surface area (Å²) in [6, 6.07) is 0. The molecule has 0 aromatic carbocycles. The van der Waals surface area contributed by atoms with Gasteiger partial charge < -0.3 is 0 Å². The van der Waals surface area contributed by atoms with Crippen LogP contribution in [0.15, 0.2) is 24.3 Å². The highest BCUT2D eigenvalue weighted by Gasteiger charge is 2.22. The summed E-state index contributed by atoms with van der Waals surface area (Å²) in [4.78, 5) is 0. The Morgan fingerprint density at radius 3 is 2.04 bits per heavy atom. The van der Waals surface area contributed by atoms with E-state index in [1.165, 1.54) is 89.9 Å². The van der Waals surface area contributed by atoms with Crippen LogP contribution in [0.5, 0.6) is 0 Å². The molecule has 2 saturated carbocycles. The van der Waals surface area contributed by atoms with Crippen molar-refractivity contribution in [2.45, 2.75) is 104 Å². The van der Waals surface area contributed by atoms with Gasteiger partial charge in [0.25, 0.3) is 0 Å². The quantitative estimate of drug-likeness (QED) is 0.296. The summed E-state index contributed by atoms with van der Waals surface area (Å²) in [5.41, 5.74) is 0. The van der Waals surface area contributed by atoms with Crippen molar-refractivity contribution in [1.29, 1.82) is 0 Å². The van der Waals surface area contributed by atoms with Crippen molar-refractivity contribution < 1.29 is 0 Å². The van der Waals surface area contributed by atoms with Gasteiger partial charge in [0.15, 0.2) is 0 Å². The van der Waals surface area contributed by atoms with Gasteiger partial charge in [0.1, 0.15) is 0 Å². The average molecular weight is 331 g/mol. The van der Waals surface area contributed by atoms with E-state index >= 15 is 0 Å². The zero-order valence-electron chi connectivity index (χ0n) is 16.5. The smallest absolute Gasteiger partial charge is 0.0231 e. The summed E-state index contributed by atoms with van der Waals surface area (Å²) >= 11 is 0. The van der Waals surface area contributed by atoms with Gasteiger partial charge in [-0.15, -0.1) is 0 Å². The Kier molecular flexibility index (Phi) is 9.85. The predicted octanol–water partition coefficient (Wildman–Crippen LogP) is 8.09. The monoisotopic (exact) mass is 330 g/mol. The van der Waals surface area contributed by atoms with Crippen LogP contribution in [0.3, 0.4) is 0 Å². The molecule has 0 aromatic rings. The fourth-order valence-corrected chi connectivity index (χ4v) is 5.22. The van der Waals surface area contributed by atoms with Crippen LogP contribution in [0.1, 0.15) is 104 Å². The Labute approximate surface area is 152 Å². The van der Waals surface area contributed by atoms with Crippen molar-refractivity contribution in [3.63, 3.8) is 0 Å². The van der Waals surface area contributed by atoms with Gasteiger partial charge in [-0.05, 0) is 63.2 Å². The minimum Gasteiger partial charge on any atom is -0.0917 e. The first-order valence-corrected chi connectivity index (χ1v) is 11.1. The summed E-state index contributed by atoms with van der Waals surface area (Å²) in [6.07, 6.45) is 30.0. The van der Waals surface area contributed by atoms with Gasteiger partial charge in [0.05, 0.1) is 0 Å². The minimum absolute atomic E-state index is 0.895. The van der Waals surface area contributed by atoms with Crippen molar-refractivity contribution in [2.24, 2.45) is 23.7 Å². The molecule has 2 atom stereocenters. The van der Waals surface area contributed by atoms with Gasteiger partial charge in [-0.3, -0.25) is 0 Å². The minimum atomic E-state index is 0.895. The molecule has 0 spiro atoms. The largest absolute Gasteiger partial charge is 0.0917 e. The number of hydrogen-bond donors (Lipinski definition) is 0. The maximum absolute atomic E-state index is 2.46. The highest BCUT2D eigenvalue weighted by molar-refractivity contribution is 4.89. The van der Waals surface area contributed by atoms with E-state index in [1.54, 1.807) is 0 Å². The average Bonchev–Trinajstić information content (AvgIpc) is 2.61. The molecule has 0 heteroatoms. The van der Waals surface area contributed by atoms with Crippen molar-refractivity contribution in [1.82, 2.24) is 0 Å². The molecule has 0 saturated heterocycles. The normalized spacial score (nSPS) is 31.9. The molecule has 0 amide bonds. The van der Waals surface area contributed by atoms with E-state index in [0.717, 1.165) is 23.7 Å². The fourth-order valence-electron chi connectivity index (χ4n) is 5.22. The van der Waals surface area contributed by atoms with Crippen molar-refractivity contribution in [3.8, 4) is 0 Å². The zero-order valence-corrected chi connectivity index (χ0v) is 16.5. The van der Waals surface area contributed by atoms with E-state index in [2.05, 4.69) is 38.2 Å². The molecule has 0 nitrogen and oxygen atoms in total. The highest BCUT2D eigenvalue weighted by atomic mass is 14.3. The summed E-state index contributed by atoms with van der Waals surface area (Å²) < 4.78 is 0. The molecule has 2 aliphatic carbocycles. The molecule has 2 fully saturated rings. The molecule has 0 radical (unpaired) electrons. The van der Waals surface area contributed by atoms with Crippen LogP contribution in [-0.2, 0) is 0 Å². The molecule has 138 valence electrons. The second kappa shape index (κ2) is 11.9. The first-order chi connectivity index (χ1) is 11.8. The van der Waals surface area contributed by atoms with Crippen molar-refractivity contribution in [2.75, 3.05) is 0 Å². The molecule has 2 unspecified atom stereocenters. The van der Waals surface area contributed by atoms with E-state index in [-0.39, 0.29) is 0 Å². The molecule has 2 aliphatic rings. The molecule has 0 heterocycles. The van der Waals surface area contributed by atoms with Crippen LogP contribution >= 0.6 is 0 Å². The first-order valence-electron chi connectivity index (χ1n) is 11.1. The van der Waals surface area contributed by atoms with Crippen molar-refractivity contribution >= 4 is 0 Å². The van der Waals surface area contributed by atoms with Gasteiger partial charge in [-0.1, -0.05) is 88.5 Å². The van der Waals surface area contributed by atoms with Gasteiger partial charge in [0, 0.05) is 0 Å². The highest BCUT2D eigenvalue weighted by Crippen LogP contribution is 2.36. The maximum atomic E-state index is 2.46. The van der Waals surface area contributed by atoms with Crippen LogP contribution in [0, 0.1) is 23.7 Å². The van der Waals surface area contributed by atoms with E-state index in [1.807, 2.05) is 0 Å². The van der Waals surface area contributed by atoms with Crippen LogP contribution in [0.4, 0.5) is 0 Å². The van der Waals surface area contributed by atoms with Gasteiger partial charge >= 0.3 is 0 Å². The Hall–Kier alpha value is -0.520. The lowest BCUT2D eigenvalue weighted by molar-refractivity contribution is 0.242. The van der Waals surface area contributed by atoms with E-state index in [9.17, 15) is 0 Å². The van der Waals surface area contributed by atoms with Crippen LogP contribution in [0.2, 0.25) is 0 Å². The van der Waals surface area contributed by atoms with E-state index in [4.69, 9.17) is 0 Å². The van der Waals surface area contributed by atoms with Crippen LogP contribution < -0.4 is 0 Å². The van der Waals surface area contributed by atoms with Gasteiger partial charge in [-0.25, -0.2) is 0 Å². The number of hydrogen-bond acceptors (Lipinski definition) is 0. The third-order valence-corrected chi connectivity index (χ3v) is 6.71. The SMILES string of the molecule is CC=CCCC1CCC(CCCCC2CCCC(C=CC)C2)CC1. The molecular formula is C24H42. The van der Waals surface area contributed by atoms with Crippen molar-refractivity contribution in [3.05, 3.63) is 24.3 Å². The Bertz CT molecular complexity index is 356. The third-order valence-electron chi connectivity index (χ3n) is 6.71. The summed E-state index contributed by atoms with van der Waals surface area (Å²) in [5, 5.41) is 0. The molecule has 0 bridgehead atoms. The first kappa shape index (κ1) is 19.8. The molecular weight excluding hydrogens is 288 g/mol. The fraction of sp³-hybridized carbons (Fsp3) is 0.833. The molecule has 0 aliphatic heterocycles. The van der Waals surface area contributed by atoms with Crippen LogP contribution in [-0.4, -0.2) is 0 Å². The Balaban J connectivity index is 1.51. The van der Waals surface area contributed by atoms with Gasteiger partial charge in [-0.2, -0.15) is 0 Å². The second-order valence-corrected chi connectivity index (χ2v) is 8.64. The number of unbranched alkanes of at least 4 members (excludes halogenated alkanes) is 1. The second-order valence-electron chi connectivity index (χ2n) is 8.64. The van der Waals surface area contributed by atoms with Gasteiger partial charge in [0.2, 0.25) is 0 Å². The third kappa shape index (κ3) is 7.58. The number of rotatable bonds is 9. The molecule has 24 heavy (non-hydrogen) atoms. The summed E-state index contributed by atoms with van der Waals surface area (Å²) in [7, 11) is 0. The maximum Gasteiger partial charge on any atom is -0.0231 e. The molecule has 0 N–H and O–H groups in total. The summed E-state index contributed by atoms with van der Waals surface area (Å²) in [5.74, 6) is 4.02. The lowest BCUT2D eigenvalue weighted by Gasteiger charge is -2.29. The predicted molar refractivity (Wildman–Crippen MR) is 108 cm³/mol. The Morgan fingerprint density at radius 2 is 1.38 bits per heavy atom. The van der Waals surface area contributed by atoms with E-state index in [0.29, 0.717) is 0 Å². The molecule has 0 aromatic heterocycles. The topological polar surface area (TPSA) is 0 Å². The Morgan fingerprint density at radius 1 is 0.708 bits per heavy atom. The molecule has 2 rings (SSSR count). The van der Waals surface area contributed by atoms with E-state index < -0.39 is 0 Å².